The highest BCUT2D eigenvalue weighted by molar-refractivity contribution is 5.88. The first-order chi connectivity index (χ1) is 7.54. The number of esters is 1. The van der Waals surface area contributed by atoms with Crippen molar-refractivity contribution >= 4 is 5.97 Å². The molecule has 16 heavy (non-hydrogen) atoms. The second-order valence-electron chi connectivity index (χ2n) is 5.21. The summed E-state index contributed by atoms with van der Waals surface area (Å²) < 4.78 is 10.4. The molecule has 4 atom stereocenters. The molecule has 0 N–H and O–H groups in total. The first-order valence-electron chi connectivity index (χ1n) is 5.99. The fraction of sp³-hybridized carbons (Fsp3) is 0.769. The molecule has 0 bridgehead atoms. The van der Waals surface area contributed by atoms with Crippen LogP contribution in [-0.2, 0) is 14.3 Å². The zero-order valence-corrected chi connectivity index (χ0v) is 10.4. The summed E-state index contributed by atoms with van der Waals surface area (Å²) in [6.45, 7) is 6.65. The lowest BCUT2D eigenvalue weighted by atomic mass is 9.77. The Morgan fingerprint density at radius 1 is 1.50 bits per heavy atom. The molecule has 1 heterocycles. The standard InChI is InChI=1S/C13H20O3/c1-7(2)8(3)10-5-9(13(14)15-4)6-11-12(10)16-11/h5,7-8,10-12H,6H2,1-4H3. The lowest BCUT2D eigenvalue weighted by molar-refractivity contribution is -0.136. The Kier molecular flexibility index (Phi) is 3.06. The van der Waals surface area contributed by atoms with Gasteiger partial charge in [-0.05, 0) is 11.8 Å². The van der Waals surface area contributed by atoms with Gasteiger partial charge in [-0.25, -0.2) is 4.79 Å². The highest BCUT2D eigenvalue weighted by Gasteiger charge is 2.50. The quantitative estimate of drug-likeness (QED) is 0.544. The van der Waals surface area contributed by atoms with Gasteiger partial charge in [0.25, 0.3) is 0 Å². The third-order valence-electron chi connectivity index (χ3n) is 3.92. The van der Waals surface area contributed by atoms with Crippen LogP contribution in [-0.4, -0.2) is 25.3 Å². The maximum Gasteiger partial charge on any atom is 0.333 e. The lowest BCUT2D eigenvalue weighted by Gasteiger charge is -2.25. The summed E-state index contributed by atoms with van der Waals surface area (Å²) >= 11 is 0. The van der Waals surface area contributed by atoms with Gasteiger partial charge >= 0.3 is 5.97 Å². The second kappa shape index (κ2) is 4.21. The molecule has 0 aromatic carbocycles. The number of rotatable bonds is 3. The molecule has 0 spiro atoms. The summed E-state index contributed by atoms with van der Waals surface area (Å²) in [5, 5.41) is 0. The van der Waals surface area contributed by atoms with Gasteiger partial charge in [0, 0.05) is 17.9 Å². The minimum atomic E-state index is -0.199. The van der Waals surface area contributed by atoms with Crippen LogP contribution in [0.3, 0.4) is 0 Å². The van der Waals surface area contributed by atoms with Crippen LogP contribution in [0.25, 0.3) is 0 Å². The smallest absolute Gasteiger partial charge is 0.333 e. The molecule has 1 fully saturated rings. The highest BCUT2D eigenvalue weighted by atomic mass is 16.6. The summed E-state index contributed by atoms with van der Waals surface area (Å²) in [7, 11) is 1.43. The zero-order chi connectivity index (χ0) is 11.9. The molecule has 0 amide bonds. The Hall–Kier alpha value is -0.830. The van der Waals surface area contributed by atoms with Crippen LogP contribution < -0.4 is 0 Å². The Labute approximate surface area is 96.8 Å². The Balaban J connectivity index is 2.15. The van der Waals surface area contributed by atoms with Crippen molar-refractivity contribution in [1.29, 1.82) is 0 Å². The van der Waals surface area contributed by atoms with E-state index in [1.54, 1.807) is 0 Å². The fourth-order valence-electron chi connectivity index (χ4n) is 2.45. The number of methoxy groups -OCH3 is 1. The molecule has 0 saturated carbocycles. The first-order valence-corrected chi connectivity index (χ1v) is 5.99. The Morgan fingerprint density at radius 3 is 2.75 bits per heavy atom. The van der Waals surface area contributed by atoms with Crippen molar-refractivity contribution in [3.63, 3.8) is 0 Å². The van der Waals surface area contributed by atoms with Crippen LogP contribution in [0.4, 0.5) is 0 Å². The first kappa shape index (κ1) is 11.6. The third kappa shape index (κ3) is 2.01. The third-order valence-corrected chi connectivity index (χ3v) is 3.92. The van der Waals surface area contributed by atoms with E-state index in [2.05, 4.69) is 26.8 Å². The second-order valence-corrected chi connectivity index (χ2v) is 5.21. The summed E-state index contributed by atoms with van der Waals surface area (Å²) in [6.07, 6.45) is 3.39. The predicted octanol–water partition coefficient (Wildman–Crippen LogP) is 2.17. The normalized spacial score (nSPS) is 34.1. The van der Waals surface area contributed by atoms with E-state index >= 15 is 0 Å². The van der Waals surface area contributed by atoms with E-state index in [0.29, 0.717) is 23.9 Å². The number of fused-ring (bicyclic) bond motifs is 1. The zero-order valence-electron chi connectivity index (χ0n) is 10.4. The summed E-state index contributed by atoms with van der Waals surface area (Å²) in [6, 6.07) is 0. The molecule has 1 aliphatic heterocycles. The number of ether oxygens (including phenoxy) is 2. The van der Waals surface area contributed by atoms with E-state index < -0.39 is 0 Å². The highest BCUT2D eigenvalue weighted by Crippen LogP contribution is 2.44. The molecule has 0 aromatic rings. The van der Waals surface area contributed by atoms with Crippen LogP contribution in [0.1, 0.15) is 27.2 Å². The number of carbonyl (C=O) groups excluding carboxylic acids is 1. The largest absolute Gasteiger partial charge is 0.466 e. The summed E-state index contributed by atoms with van der Waals surface area (Å²) in [5.41, 5.74) is 0.791. The minimum absolute atomic E-state index is 0.199. The molecule has 1 aliphatic carbocycles. The Morgan fingerprint density at radius 2 is 2.19 bits per heavy atom. The van der Waals surface area contributed by atoms with Crippen LogP contribution in [0.5, 0.6) is 0 Å². The van der Waals surface area contributed by atoms with Gasteiger partial charge in [0.2, 0.25) is 0 Å². The van der Waals surface area contributed by atoms with Gasteiger partial charge in [0.15, 0.2) is 0 Å². The SMILES string of the molecule is COC(=O)C1=CC(C(C)C(C)C)C2OC2C1. The van der Waals surface area contributed by atoms with Gasteiger partial charge in [0.05, 0.1) is 19.3 Å². The molecule has 0 aromatic heterocycles. The van der Waals surface area contributed by atoms with E-state index in [-0.39, 0.29) is 12.1 Å². The number of hydrogen-bond donors (Lipinski definition) is 0. The van der Waals surface area contributed by atoms with Crippen molar-refractivity contribution in [3.8, 4) is 0 Å². The lowest BCUT2D eigenvalue weighted by Crippen LogP contribution is -2.26. The number of epoxide rings is 1. The molecular weight excluding hydrogens is 204 g/mol. The molecule has 90 valence electrons. The van der Waals surface area contributed by atoms with Crippen molar-refractivity contribution in [2.45, 2.75) is 39.4 Å². The van der Waals surface area contributed by atoms with Gasteiger partial charge in [-0.3, -0.25) is 0 Å². The summed E-state index contributed by atoms with van der Waals surface area (Å²) in [5.74, 6) is 1.31. The Bertz CT molecular complexity index is 319. The number of carbonyl (C=O) groups is 1. The van der Waals surface area contributed by atoms with E-state index in [1.807, 2.05) is 0 Å². The maximum absolute atomic E-state index is 11.5. The van der Waals surface area contributed by atoms with Crippen molar-refractivity contribution in [1.82, 2.24) is 0 Å². The molecule has 1 saturated heterocycles. The van der Waals surface area contributed by atoms with E-state index in [4.69, 9.17) is 9.47 Å². The molecule has 4 unspecified atom stereocenters. The van der Waals surface area contributed by atoms with Crippen molar-refractivity contribution < 1.29 is 14.3 Å². The van der Waals surface area contributed by atoms with E-state index in [1.165, 1.54) is 7.11 Å². The average Bonchev–Trinajstić information content (AvgIpc) is 3.04. The topological polar surface area (TPSA) is 38.8 Å². The number of hydrogen-bond acceptors (Lipinski definition) is 3. The summed E-state index contributed by atoms with van der Waals surface area (Å²) in [4.78, 5) is 11.5. The van der Waals surface area contributed by atoms with E-state index in [0.717, 1.165) is 12.0 Å². The molecule has 3 heteroatoms. The van der Waals surface area contributed by atoms with Gasteiger partial charge in [-0.15, -0.1) is 0 Å². The molecule has 0 radical (unpaired) electrons. The van der Waals surface area contributed by atoms with E-state index in [9.17, 15) is 4.79 Å². The fourth-order valence-corrected chi connectivity index (χ4v) is 2.45. The molecule has 3 nitrogen and oxygen atoms in total. The van der Waals surface area contributed by atoms with Gasteiger partial charge in [-0.1, -0.05) is 26.8 Å². The van der Waals surface area contributed by atoms with Crippen molar-refractivity contribution in [2.24, 2.45) is 17.8 Å². The van der Waals surface area contributed by atoms with Gasteiger partial charge in [-0.2, -0.15) is 0 Å². The van der Waals surface area contributed by atoms with Gasteiger partial charge in [0.1, 0.15) is 0 Å². The minimum Gasteiger partial charge on any atom is -0.466 e. The molecule has 2 aliphatic rings. The average molecular weight is 224 g/mol. The molecule has 2 rings (SSSR count). The van der Waals surface area contributed by atoms with Gasteiger partial charge < -0.3 is 9.47 Å². The van der Waals surface area contributed by atoms with Crippen LogP contribution in [0.15, 0.2) is 11.6 Å². The maximum atomic E-state index is 11.5. The molecular formula is C13H20O3. The van der Waals surface area contributed by atoms with Crippen LogP contribution >= 0.6 is 0 Å². The van der Waals surface area contributed by atoms with Crippen molar-refractivity contribution in [3.05, 3.63) is 11.6 Å². The van der Waals surface area contributed by atoms with Crippen LogP contribution in [0, 0.1) is 17.8 Å². The monoisotopic (exact) mass is 224 g/mol. The predicted molar refractivity (Wildman–Crippen MR) is 60.9 cm³/mol. The van der Waals surface area contributed by atoms with Crippen LogP contribution in [0.2, 0.25) is 0 Å². The van der Waals surface area contributed by atoms with Crippen molar-refractivity contribution in [2.75, 3.05) is 7.11 Å².